The molecule has 0 radical (unpaired) electrons. The van der Waals surface area contributed by atoms with Crippen LogP contribution in [-0.2, 0) is 14.5 Å². The molecule has 0 saturated heterocycles. The van der Waals surface area contributed by atoms with E-state index in [1.165, 1.54) is 0 Å². The number of amides is 1. The lowest BCUT2D eigenvalue weighted by Crippen LogP contribution is -2.35. The Balaban J connectivity index is 3.41. The van der Waals surface area contributed by atoms with Crippen molar-refractivity contribution < 1.29 is 9.00 Å². The fraction of sp³-hybridized carbons (Fsp3) is 0.333. The van der Waals surface area contributed by atoms with Crippen molar-refractivity contribution in [3.8, 4) is 0 Å². The third kappa shape index (κ3) is 3.31. The van der Waals surface area contributed by atoms with Crippen molar-refractivity contribution in [1.82, 2.24) is 0 Å². The molecule has 0 heterocycles. The molecule has 1 atom stereocenters. The fourth-order valence-electron chi connectivity index (χ4n) is 1.51. The third-order valence-electron chi connectivity index (χ3n) is 2.33. The van der Waals surface area contributed by atoms with Crippen LogP contribution >= 0.6 is 0 Å². The Kier molecular flexibility index (Phi) is 4.31. The van der Waals surface area contributed by atoms with Gasteiger partial charge in [-0.25, -0.2) is 4.21 Å². The van der Waals surface area contributed by atoms with Gasteiger partial charge in [0.2, 0.25) is 0 Å². The molecule has 1 unspecified atom stereocenters. The number of benzene rings is 1. The van der Waals surface area contributed by atoms with Crippen LogP contribution in [0.15, 0.2) is 35.2 Å². The van der Waals surface area contributed by atoms with Gasteiger partial charge in [-0.3, -0.25) is 9.93 Å². The van der Waals surface area contributed by atoms with Gasteiger partial charge in [0, 0.05) is 4.90 Å². The van der Waals surface area contributed by atoms with Crippen LogP contribution in [0, 0.1) is 5.92 Å². The predicted octanol–water partition coefficient (Wildman–Crippen LogP) is 0.907. The van der Waals surface area contributed by atoms with Crippen LogP contribution in [0.25, 0.3) is 0 Å². The van der Waals surface area contributed by atoms with Crippen LogP contribution in [0.5, 0.6) is 0 Å². The highest BCUT2D eigenvalue weighted by Gasteiger charge is 2.19. The van der Waals surface area contributed by atoms with Crippen molar-refractivity contribution >= 4 is 20.5 Å². The van der Waals surface area contributed by atoms with E-state index in [1.54, 1.807) is 30.3 Å². The van der Waals surface area contributed by atoms with Gasteiger partial charge < -0.3 is 5.73 Å². The summed E-state index contributed by atoms with van der Waals surface area (Å²) in [6, 6.07) is 8.55. The van der Waals surface area contributed by atoms with Gasteiger partial charge >= 0.3 is 0 Å². The highest BCUT2D eigenvalue weighted by atomic mass is 32.2. The lowest BCUT2D eigenvalue weighted by atomic mass is 10.1. The van der Waals surface area contributed by atoms with E-state index in [4.69, 9.17) is 10.9 Å². The lowest BCUT2D eigenvalue weighted by Gasteiger charge is -2.13. The summed E-state index contributed by atoms with van der Waals surface area (Å²) in [5.74, 6) is -0.513. The van der Waals surface area contributed by atoms with Crippen molar-refractivity contribution in [1.29, 1.82) is 0 Å². The minimum Gasteiger partial charge on any atom is -0.365 e. The van der Waals surface area contributed by atoms with Gasteiger partial charge in [0.05, 0.1) is 14.6 Å². The first-order valence-corrected chi connectivity index (χ1v) is 7.00. The van der Waals surface area contributed by atoms with Crippen LogP contribution in [-0.4, -0.2) is 15.0 Å². The first kappa shape index (κ1) is 13.7. The first-order valence-electron chi connectivity index (χ1n) is 5.38. The zero-order valence-corrected chi connectivity index (χ0v) is 10.9. The second-order valence-electron chi connectivity index (χ2n) is 4.30. The molecule has 0 saturated carbocycles. The normalized spacial score (nSPS) is 14.4. The van der Waals surface area contributed by atoms with Crippen molar-refractivity contribution in [2.75, 3.05) is 0 Å². The minimum absolute atomic E-state index is 0.110. The second kappa shape index (κ2) is 5.33. The molecule has 0 aliphatic rings. The minimum atomic E-state index is -3.00. The van der Waals surface area contributed by atoms with Gasteiger partial charge in [0.1, 0.15) is 0 Å². The predicted molar refractivity (Wildman–Crippen MR) is 70.7 cm³/mol. The highest BCUT2D eigenvalue weighted by Crippen LogP contribution is 2.12. The average molecular weight is 254 g/mol. The molecule has 17 heavy (non-hydrogen) atoms. The molecule has 1 rings (SSSR count). The van der Waals surface area contributed by atoms with Gasteiger partial charge in [-0.2, -0.15) is 0 Å². The van der Waals surface area contributed by atoms with E-state index in [-0.39, 0.29) is 10.8 Å². The molecule has 4 N–H and O–H groups in total. The smallest absolute Gasteiger partial charge is 0.254 e. The van der Waals surface area contributed by atoms with E-state index in [9.17, 15) is 9.00 Å². The topological polar surface area (TPSA) is 86.2 Å². The zero-order chi connectivity index (χ0) is 13.1. The van der Waals surface area contributed by atoms with Crippen molar-refractivity contribution in [2.45, 2.75) is 25.2 Å². The Morgan fingerprint density at radius 2 is 1.82 bits per heavy atom. The Labute approximate surface area is 102 Å². The number of hydrogen-bond acceptors (Lipinski definition) is 2. The molecule has 94 valence electrons. The van der Waals surface area contributed by atoms with Crippen LogP contribution < -0.4 is 10.9 Å². The van der Waals surface area contributed by atoms with E-state index in [0.717, 1.165) is 0 Å². The van der Waals surface area contributed by atoms with Crippen LogP contribution in [0.4, 0.5) is 0 Å². The van der Waals surface area contributed by atoms with E-state index in [2.05, 4.69) is 0 Å². The Bertz CT molecular complexity index is 515. The van der Waals surface area contributed by atoms with Crippen LogP contribution in [0.1, 0.15) is 20.3 Å². The fourth-order valence-corrected chi connectivity index (χ4v) is 3.24. The van der Waals surface area contributed by atoms with Crippen molar-refractivity contribution in [3.63, 3.8) is 0 Å². The monoisotopic (exact) mass is 254 g/mol. The van der Waals surface area contributed by atoms with Gasteiger partial charge in [-0.05, 0) is 24.5 Å². The molecule has 0 aliphatic heterocycles. The molecule has 0 fully saturated rings. The number of hydrogen-bond donors (Lipinski definition) is 2. The maximum Gasteiger partial charge on any atom is 0.254 e. The largest absolute Gasteiger partial charge is 0.365 e. The van der Waals surface area contributed by atoms with Gasteiger partial charge in [-0.1, -0.05) is 32.0 Å². The number of rotatable bonds is 4. The lowest BCUT2D eigenvalue weighted by molar-refractivity contribution is -0.111. The highest BCUT2D eigenvalue weighted by molar-refractivity contribution is 8.01. The van der Waals surface area contributed by atoms with Gasteiger partial charge in [0.15, 0.2) is 0 Å². The van der Waals surface area contributed by atoms with Crippen LogP contribution in [0.3, 0.4) is 0 Å². The number of carbonyl (C=O) groups is 1. The Morgan fingerprint density at radius 1 is 1.29 bits per heavy atom. The second-order valence-corrected chi connectivity index (χ2v) is 6.46. The molecular weight excluding hydrogens is 236 g/mol. The number of carbonyl (C=O) groups excluding carboxylic acids is 1. The SMILES string of the molecule is CC(C)CC(C(N)=O)=S(N)(=O)c1ccccc1. The quantitative estimate of drug-likeness (QED) is 0.782. The molecule has 0 bridgehead atoms. The Morgan fingerprint density at radius 3 is 2.24 bits per heavy atom. The Hall–Kier alpha value is -1.33. The molecule has 0 aliphatic carbocycles. The maximum absolute atomic E-state index is 12.5. The van der Waals surface area contributed by atoms with Crippen molar-refractivity contribution in [2.24, 2.45) is 16.8 Å². The standard InChI is InChI=1S/C12H18N2O2S/c1-9(2)8-11(12(13)15)17(14,16)10-6-4-3-5-7-10/h3-7,9H,8H2,1-2H3,(H2,13,15)(H2,14,16). The molecule has 5 heteroatoms. The summed E-state index contributed by atoms with van der Waals surface area (Å²) in [4.78, 5) is 11.9. The molecule has 1 amide bonds. The molecule has 1 aromatic carbocycles. The molecular formula is C12H18N2O2S. The maximum atomic E-state index is 12.5. The summed E-state index contributed by atoms with van der Waals surface area (Å²) in [6.45, 7) is 3.84. The molecule has 0 aromatic heterocycles. The molecule has 1 aromatic rings. The average Bonchev–Trinajstić information content (AvgIpc) is 2.26. The van der Waals surface area contributed by atoms with Gasteiger partial charge in [0.25, 0.3) is 5.91 Å². The van der Waals surface area contributed by atoms with E-state index < -0.39 is 15.6 Å². The number of nitrogens with two attached hydrogens (primary N) is 2. The molecule has 4 nitrogen and oxygen atoms in total. The summed E-state index contributed by atoms with van der Waals surface area (Å²) in [7, 11) is -3.00. The summed E-state index contributed by atoms with van der Waals surface area (Å²) < 4.78 is 12.5. The third-order valence-corrected chi connectivity index (χ3v) is 4.40. The summed E-state index contributed by atoms with van der Waals surface area (Å²) >= 11 is 0. The van der Waals surface area contributed by atoms with E-state index in [1.807, 2.05) is 13.8 Å². The van der Waals surface area contributed by atoms with Gasteiger partial charge in [-0.15, -0.1) is 0 Å². The summed E-state index contributed by atoms with van der Waals surface area (Å²) in [5.41, 5.74) is 5.27. The van der Waals surface area contributed by atoms with E-state index >= 15 is 0 Å². The van der Waals surface area contributed by atoms with Crippen LogP contribution in [0.2, 0.25) is 0 Å². The number of primary amides is 1. The first-order chi connectivity index (χ1) is 7.85. The zero-order valence-electron chi connectivity index (χ0n) is 10.1. The summed E-state index contributed by atoms with van der Waals surface area (Å²) in [6.07, 6.45) is 0.347. The van der Waals surface area contributed by atoms with E-state index in [0.29, 0.717) is 11.3 Å². The van der Waals surface area contributed by atoms with Crippen molar-refractivity contribution in [3.05, 3.63) is 30.3 Å². The summed E-state index contributed by atoms with van der Waals surface area (Å²) in [5, 5.41) is 5.82. The molecule has 0 spiro atoms.